The standard InChI is InChI=1S/C31H50N2O9/c1-32-30(25-8-10-26(11-9-25)37-22-23-42-29-7-3-5-15-40-29)31(34)33-13-12-27(24-33)38-20-18-35-16-17-36-19-21-41-28-6-2-4-14-39-28/h8-11,27-30,32H,2-7,12-24H2,1H3. The maximum Gasteiger partial charge on any atom is 0.244 e. The number of benzene rings is 1. The van der Waals surface area contributed by atoms with Crippen LogP contribution in [0.3, 0.4) is 0 Å². The summed E-state index contributed by atoms with van der Waals surface area (Å²) in [6, 6.07) is 7.23. The summed E-state index contributed by atoms with van der Waals surface area (Å²) in [5.41, 5.74) is 0.899. The van der Waals surface area contributed by atoms with E-state index in [0.717, 1.165) is 69.5 Å². The normalized spacial score (nSPS) is 23.6. The molecule has 0 aromatic heterocycles. The maximum atomic E-state index is 13.3. The second-order valence-corrected chi connectivity index (χ2v) is 10.8. The van der Waals surface area contributed by atoms with Gasteiger partial charge in [0, 0.05) is 26.3 Å². The number of carbonyl (C=O) groups is 1. The Morgan fingerprint density at radius 2 is 1.40 bits per heavy atom. The van der Waals surface area contributed by atoms with Crippen LogP contribution in [0.1, 0.15) is 56.6 Å². The third-order valence-corrected chi connectivity index (χ3v) is 7.62. The van der Waals surface area contributed by atoms with Crippen LogP contribution in [0.4, 0.5) is 0 Å². The first kappa shape index (κ1) is 33.1. The fraction of sp³-hybridized carbons (Fsp3) is 0.774. The highest BCUT2D eigenvalue weighted by Crippen LogP contribution is 2.23. The van der Waals surface area contributed by atoms with Gasteiger partial charge in [-0.2, -0.15) is 0 Å². The Labute approximate surface area is 250 Å². The Hall–Kier alpha value is -1.83. The van der Waals surface area contributed by atoms with E-state index in [1.165, 1.54) is 0 Å². The average molecular weight is 595 g/mol. The van der Waals surface area contributed by atoms with Crippen LogP contribution < -0.4 is 10.1 Å². The monoisotopic (exact) mass is 594 g/mol. The van der Waals surface area contributed by atoms with E-state index in [-0.39, 0.29) is 24.6 Å². The van der Waals surface area contributed by atoms with E-state index in [2.05, 4.69) is 5.32 Å². The number of likely N-dealkylation sites (N-methyl/N-ethyl adjacent to an activating group) is 1. The van der Waals surface area contributed by atoms with Gasteiger partial charge in [0.15, 0.2) is 12.6 Å². The molecule has 0 bridgehead atoms. The number of hydrogen-bond acceptors (Lipinski definition) is 10. The van der Waals surface area contributed by atoms with Crippen molar-refractivity contribution in [3.63, 3.8) is 0 Å². The molecule has 11 nitrogen and oxygen atoms in total. The van der Waals surface area contributed by atoms with E-state index >= 15 is 0 Å². The molecule has 3 fully saturated rings. The Morgan fingerprint density at radius 1 is 0.810 bits per heavy atom. The van der Waals surface area contributed by atoms with Gasteiger partial charge in [0.2, 0.25) is 5.91 Å². The lowest BCUT2D eigenvalue weighted by atomic mass is 10.1. The lowest BCUT2D eigenvalue weighted by molar-refractivity contribution is -0.169. The summed E-state index contributed by atoms with van der Waals surface area (Å²) in [6.07, 6.45) is 7.07. The molecule has 1 aromatic rings. The lowest BCUT2D eigenvalue weighted by Crippen LogP contribution is -2.39. The molecule has 42 heavy (non-hydrogen) atoms. The molecule has 4 unspecified atom stereocenters. The topological polar surface area (TPSA) is 106 Å². The van der Waals surface area contributed by atoms with Crippen LogP contribution in [0, 0.1) is 0 Å². The largest absolute Gasteiger partial charge is 0.491 e. The van der Waals surface area contributed by atoms with Crippen molar-refractivity contribution in [2.45, 2.75) is 69.7 Å². The van der Waals surface area contributed by atoms with Gasteiger partial charge >= 0.3 is 0 Å². The molecule has 3 aliphatic heterocycles. The molecule has 238 valence electrons. The first-order chi connectivity index (χ1) is 20.7. The van der Waals surface area contributed by atoms with Gasteiger partial charge in [-0.05, 0) is 69.7 Å². The Balaban J connectivity index is 1.03. The zero-order chi connectivity index (χ0) is 29.2. The molecule has 11 heteroatoms. The van der Waals surface area contributed by atoms with E-state index in [9.17, 15) is 4.79 Å². The highest BCUT2D eigenvalue weighted by atomic mass is 16.7. The summed E-state index contributed by atoms with van der Waals surface area (Å²) < 4.78 is 45.4. The van der Waals surface area contributed by atoms with Crippen LogP contribution in [0.2, 0.25) is 0 Å². The second kappa shape index (κ2) is 19.4. The lowest BCUT2D eigenvalue weighted by Gasteiger charge is -2.24. The van der Waals surface area contributed by atoms with Crippen molar-refractivity contribution in [1.29, 1.82) is 0 Å². The fourth-order valence-electron chi connectivity index (χ4n) is 5.29. The fourth-order valence-corrected chi connectivity index (χ4v) is 5.29. The van der Waals surface area contributed by atoms with E-state index < -0.39 is 6.04 Å². The third-order valence-electron chi connectivity index (χ3n) is 7.62. The van der Waals surface area contributed by atoms with Crippen LogP contribution in [0.15, 0.2) is 24.3 Å². The van der Waals surface area contributed by atoms with Gasteiger partial charge in [-0.1, -0.05) is 12.1 Å². The smallest absolute Gasteiger partial charge is 0.244 e. The van der Waals surface area contributed by atoms with Crippen LogP contribution in [0.5, 0.6) is 5.75 Å². The van der Waals surface area contributed by atoms with E-state index in [1.807, 2.05) is 29.2 Å². The summed E-state index contributed by atoms with van der Waals surface area (Å²) in [5, 5.41) is 3.17. The quantitative estimate of drug-likeness (QED) is 0.240. The zero-order valence-corrected chi connectivity index (χ0v) is 25.2. The van der Waals surface area contributed by atoms with Crippen LogP contribution in [-0.2, 0) is 38.0 Å². The molecule has 0 spiro atoms. The third kappa shape index (κ3) is 11.7. The van der Waals surface area contributed by atoms with Gasteiger partial charge in [0.1, 0.15) is 18.4 Å². The number of amides is 1. The molecule has 3 aliphatic rings. The highest BCUT2D eigenvalue weighted by Gasteiger charge is 2.31. The SMILES string of the molecule is CNC(C(=O)N1CCC(OCCOCCOCCOC2CCCCO2)C1)c1ccc(OCCOC2CCCCO2)cc1. The van der Waals surface area contributed by atoms with Crippen molar-refractivity contribution in [1.82, 2.24) is 10.2 Å². The van der Waals surface area contributed by atoms with Crippen molar-refractivity contribution >= 4 is 5.91 Å². The van der Waals surface area contributed by atoms with Gasteiger partial charge in [-0.3, -0.25) is 4.79 Å². The van der Waals surface area contributed by atoms with E-state index in [0.29, 0.717) is 65.9 Å². The van der Waals surface area contributed by atoms with Crippen LogP contribution in [-0.4, -0.2) is 116 Å². The molecular weight excluding hydrogens is 544 g/mol. The molecule has 4 rings (SSSR count). The van der Waals surface area contributed by atoms with Crippen LogP contribution >= 0.6 is 0 Å². The summed E-state index contributed by atoms with van der Waals surface area (Å²) in [5.74, 6) is 0.794. The molecule has 1 aromatic carbocycles. The first-order valence-corrected chi connectivity index (χ1v) is 15.6. The molecule has 0 radical (unpaired) electrons. The molecule has 4 atom stereocenters. The molecule has 1 amide bonds. The zero-order valence-electron chi connectivity index (χ0n) is 25.2. The van der Waals surface area contributed by atoms with Crippen molar-refractivity contribution in [3.05, 3.63) is 29.8 Å². The summed E-state index contributed by atoms with van der Waals surface area (Å²) >= 11 is 0. The van der Waals surface area contributed by atoms with Gasteiger partial charge in [-0.15, -0.1) is 0 Å². The number of carbonyl (C=O) groups excluding carboxylic acids is 1. The van der Waals surface area contributed by atoms with Gasteiger partial charge in [0.25, 0.3) is 0 Å². The molecule has 3 heterocycles. The summed E-state index contributed by atoms with van der Waals surface area (Å²) in [4.78, 5) is 15.1. The average Bonchev–Trinajstić information content (AvgIpc) is 3.51. The summed E-state index contributed by atoms with van der Waals surface area (Å²) in [6.45, 7) is 6.82. The predicted octanol–water partition coefficient (Wildman–Crippen LogP) is 3.06. The molecule has 0 saturated carbocycles. The Kier molecular flexibility index (Phi) is 15.3. The predicted molar refractivity (Wildman–Crippen MR) is 155 cm³/mol. The van der Waals surface area contributed by atoms with Crippen molar-refractivity contribution in [2.75, 3.05) is 86.2 Å². The van der Waals surface area contributed by atoms with Crippen molar-refractivity contribution < 1.29 is 42.7 Å². The minimum absolute atomic E-state index is 0.0162. The minimum atomic E-state index is -0.423. The van der Waals surface area contributed by atoms with Crippen molar-refractivity contribution in [3.8, 4) is 5.75 Å². The molecule has 0 aliphatic carbocycles. The van der Waals surface area contributed by atoms with Gasteiger partial charge in [-0.25, -0.2) is 0 Å². The number of nitrogens with zero attached hydrogens (tertiary/aromatic N) is 1. The molecular formula is C31H50N2O9. The molecule has 3 saturated heterocycles. The Bertz CT molecular complexity index is 862. The first-order valence-electron chi connectivity index (χ1n) is 15.6. The highest BCUT2D eigenvalue weighted by molar-refractivity contribution is 5.83. The number of ether oxygens (including phenoxy) is 8. The number of nitrogens with one attached hydrogen (secondary N) is 1. The van der Waals surface area contributed by atoms with E-state index in [4.69, 9.17) is 37.9 Å². The second-order valence-electron chi connectivity index (χ2n) is 10.8. The minimum Gasteiger partial charge on any atom is -0.491 e. The summed E-state index contributed by atoms with van der Waals surface area (Å²) in [7, 11) is 1.81. The molecule has 1 N–H and O–H groups in total. The van der Waals surface area contributed by atoms with Gasteiger partial charge < -0.3 is 48.1 Å². The van der Waals surface area contributed by atoms with Crippen LogP contribution in [0.25, 0.3) is 0 Å². The van der Waals surface area contributed by atoms with Crippen molar-refractivity contribution in [2.24, 2.45) is 0 Å². The number of rotatable bonds is 19. The number of likely N-dealkylation sites (tertiary alicyclic amines) is 1. The van der Waals surface area contributed by atoms with Gasteiger partial charge in [0.05, 0.1) is 52.4 Å². The number of hydrogen-bond donors (Lipinski definition) is 1. The Morgan fingerprint density at radius 3 is 2.00 bits per heavy atom. The van der Waals surface area contributed by atoms with E-state index in [1.54, 1.807) is 7.05 Å². The maximum absolute atomic E-state index is 13.3.